The molecular weight excluding hydrogens is 731 g/mol. The summed E-state index contributed by atoms with van der Waals surface area (Å²) in [5.74, 6) is 0. The molecule has 2 N–H and O–H groups in total. The average Bonchev–Trinajstić information content (AvgIpc) is 3.85. The summed E-state index contributed by atoms with van der Waals surface area (Å²) in [5.41, 5.74) is 16.4. The van der Waals surface area contributed by atoms with Gasteiger partial charge in [-0.25, -0.2) is 0 Å². The number of aromatic nitrogens is 3. The number of anilines is 2. The number of nitrogens with zero attached hydrogens (tertiary/aromatic N) is 3. The fraction of sp³-hybridized carbons (Fsp3) is 0.0727. The summed E-state index contributed by atoms with van der Waals surface area (Å²) < 4.78 is 4.74. The summed E-state index contributed by atoms with van der Waals surface area (Å²) in [5, 5.41) is 14.2. The van der Waals surface area contributed by atoms with Crippen LogP contribution >= 0.6 is 0 Å². The van der Waals surface area contributed by atoms with Crippen molar-refractivity contribution in [2.45, 2.75) is 26.2 Å². The molecule has 0 bridgehead atoms. The van der Waals surface area contributed by atoms with E-state index in [1.165, 1.54) is 34.0 Å². The summed E-state index contributed by atoms with van der Waals surface area (Å²) in [4.78, 5) is 6.25. The van der Waals surface area contributed by atoms with Gasteiger partial charge < -0.3 is 24.3 Å². The number of fused-ring (bicyclic) bond motifs is 8. The lowest BCUT2D eigenvalue weighted by atomic mass is 9.72. The molecule has 5 nitrogen and oxygen atoms in total. The summed E-state index contributed by atoms with van der Waals surface area (Å²) in [7, 11) is 0. The Bertz CT molecular complexity index is 3500. The van der Waals surface area contributed by atoms with E-state index in [4.69, 9.17) is 5.41 Å². The molecule has 0 saturated heterocycles. The molecule has 10 aromatic rings. The second-order valence-corrected chi connectivity index (χ2v) is 16.3. The highest BCUT2D eigenvalue weighted by Crippen LogP contribution is 2.50. The standard InChI is InChI=1S/C55H43N5/c1-5-15-49-45(6-2)55(3,4)46-21-11-13-23-50(46)60(49)40-26-24-39(25-27-40)59-48-22-12-10-19-41(48)43-32-47-52(33-51(43)59)58-29-28-36-30-38(35-16-8-7-9-17-35)31-44(54(36)58)42-20-14-18-37(34-56)53(42)57-47/h5-34,56-57H,1H2,2-4H3/b45-6+,49-15+,56-34?. The van der Waals surface area contributed by atoms with Crippen LogP contribution in [0.4, 0.5) is 11.4 Å². The first-order chi connectivity index (χ1) is 29.4. The zero-order valence-electron chi connectivity index (χ0n) is 33.9. The molecule has 0 radical (unpaired) electrons. The highest BCUT2D eigenvalue weighted by molar-refractivity contribution is 6.17. The van der Waals surface area contributed by atoms with E-state index in [0.29, 0.717) is 0 Å². The zero-order chi connectivity index (χ0) is 40.7. The summed E-state index contributed by atoms with van der Waals surface area (Å²) in [6.45, 7) is 10.9. The fourth-order valence-corrected chi connectivity index (χ4v) is 9.98. The monoisotopic (exact) mass is 773 g/mol. The van der Waals surface area contributed by atoms with Crippen LogP contribution in [-0.4, -0.2) is 20.2 Å². The van der Waals surface area contributed by atoms with Crippen molar-refractivity contribution in [1.29, 1.82) is 5.41 Å². The van der Waals surface area contributed by atoms with Gasteiger partial charge in [0.2, 0.25) is 0 Å². The van der Waals surface area contributed by atoms with Crippen LogP contribution in [0.2, 0.25) is 0 Å². The van der Waals surface area contributed by atoms with Crippen molar-refractivity contribution in [1.82, 2.24) is 14.0 Å². The molecule has 0 unspecified atom stereocenters. The Morgan fingerprint density at radius 2 is 1.40 bits per heavy atom. The number of para-hydroxylation sites is 3. The fourth-order valence-electron chi connectivity index (χ4n) is 9.98. The van der Waals surface area contributed by atoms with Gasteiger partial charge in [0.1, 0.15) is 0 Å². The molecule has 0 saturated carbocycles. The minimum absolute atomic E-state index is 0.162. The highest BCUT2D eigenvalue weighted by Gasteiger charge is 2.38. The van der Waals surface area contributed by atoms with E-state index in [2.05, 4.69) is 210 Å². The third-order valence-electron chi connectivity index (χ3n) is 12.7. The van der Waals surface area contributed by atoms with E-state index < -0.39 is 0 Å². The van der Waals surface area contributed by atoms with E-state index in [1.54, 1.807) is 0 Å². The maximum atomic E-state index is 8.47. The number of hydrogen-bond acceptors (Lipinski definition) is 2. The van der Waals surface area contributed by atoms with Crippen molar-refractivity contribution in [3.05, 3.63) is 205 Å². The Hall–Kier alpha value is -7.63. The molecule has 0 amide bonds. The van der Waals surface area contributed by atoms with Crippen LogP contribution in [0.1, 0.15) is 31.9 Å². The Balaban J connectivity index is 1.18. The Morgan fingerprint density at radius 1 is 0.650 bits per heavy atom. The van der Waals surface area contributed by atoms with Gasteiger partial charge in [-0.1, -0.05) is 118 Å². The van der Waals surface area contributed by atoms with Gasteiger partial charge in [-0.3, -0.25) is 0 Å². The molecular formula is C55H43N5. The van der Waals surface area contributed by atoms with Crippen LogP contribution in [0, 0.1) is 5.41 Å². The van der Waals surface area contributed by atoms with Crippen molar-refractivity contribution >= 4 is 77.6 Å². The number of hydrogen-bond donors (Lipinski definition) is 2. The maximum absolute atomic E-state index is 8.47. The van der Waals surface area contributed by atoms with Crippen LogP contribution in [-0.2, 0) is 5.41 Å². The summed E-state index contributed by atoms with van der Waals surface area (Å²) in [6.07, 6.45) is 9.93. The first kappa shape index (κ1) is 35.5. The van der Waals surface area contributed by atoms with E-state index in [0.717, 1.165) is 82.8 Å². The number of aromatic amines is 1. The molecule has 3 aromatic heterocycles. The molecule has 4 heterocycles. The predicted molar refractivity (Wildman–Crippen MR) is 254 cm³/mol. The second kappa shape index (κ2) is 13.5. The van der Waals surface area contributed by atoms with Gasteiger partial charge in [0.05, 0.1) is 38.8 Å². The van der Waals surface area contributed by atoms with Crippen molar-refractivity contribution in [3.63, 3.8) is 0 Å². The molecule has 60 heavy (non-hydrogen) atoms. The lowest BCUT2D eigenvalue weighted by molar-refractivity contribution is 0.612. The van der Waals surface area contributed by atoms with Gasteiger partial charge in [-0.05, 0) is 102 Å². The van der Waals surface area contributed by atoms with E-state index in [1.807, 2.05) is 12.1 Å². The van der Waals surface area contributed by atoms with Gasteiger partial charge in [0.25, 0.3) is 0 Å². The predicted octanol–water partition coefficient (Wildman–Crippen LogP) is 14.5. The van der Waals surface area contributed by atoms with Crippen molar-refractivity contribution < 1.29 is 0 Å². The lowest BCUT2D eigenvalue weighted by Gasteiger charge is -2.44. The van der Waals surface area contributed by atoms with E-state index in [-0.39, 0.29) is 5.41 Å². The third kappa shape index (κ3) is 5.15. The van der Waals surface area contributed by atoms with Crippen molar-refractivity contribution in [2.24, 2.45) is 0 Å². The minimum atomic E-state index is -0.162. The van der Waals surface area contributed by atoms with Crippen molar-refractivity contribution in [3.8, 4) is 16.8 Å². The number of allylic oxidation sites excluding steroid dienone is 4. The first-order valence-corrected chi connectivity index (χ1v) is 20.6. The average molecular weight is 774 g/mol. The number of H-pyrrole nitrogens is 1. The van der Waals surface area contributed by atoms with Crippen molar-refractivity contribution in [2.75, 3.05) is 4.90 Å². The molecule has 1 aliphatic rings. The number of rotatable bonds is 5. The van der Waals surface area contributed by atoms with Gasteiger partial charge in [0, 0.05) is 67.4 Å². The van der Waals surface area contributed by atoms with Gasteiger partial charge >= 0.3 is 0 Å². The van der Waals surface area contributed by atoms with Crippen LogP contribution < -0.4 is 4.90 Å². The zero-order valence-corrected chi connectivity index (χ0v) is 33.9. The Morgan fingerprint density at radius 3 is 2.20 bits per heavy atom. The molecule has 288 valence electrons. The quantitative estimate of drug-likeness (QED) is 0.168. The number of nitrogens with one attached hydrogen (secondary N) is 2. The van der Waals surface area contributed by atoms with Crippen LogP contribution in [0.15, 0.2) is 194 Å². The minimum Gasteiger partial charge on any atom is -0.353 e. The van der Waals surface area contributed by atoms with Crippen LogP contribution in [0.3, 0.4) is 0 Å². The van der Waals surface area contributed by atoms with Crippen LogP contribution in [0.25, 0.3) is 76.8 Å². The Kier molecular flexibility index (Phi) is 7.97. The third-order valence-corrected chi connectivity index (χ3v) is 12.7. The maximum Gasteiger partial charge on any atom is 0.0713 e. The second-order valence-electron chi connectivity index (χ2n) is 16.3. The summed E-state index contributed by atoms with van der Waals surface area (Å²) in [6, 6.07) is 54.7. The van der Waals surface area contributed by atoms with Crippen LogP contribution in [0.5, 0.6) is 0 Å². The number of benzene rings is 7. The van der Waals surface area contributed by atoms with Gasteiger partial charge in [0.15, 0.2) is 0 Å². The molecule has 0 aliphatic carbocycles. The molecule has 0 atom stereocenters. The first-order valence-electron chi connectivity index (χ1n) is 20.6. The lowest BCUT2D eigenvalue weighted by Crippen LogP contribution is -2.35. The molecule has 0 fully saturated rings. The topological polar surface area (TPSA) is 52.2 Å². The smallest absolute Gasteiger partial charge is 0.0713 e. The molecule has 1 aliphatic heterocycles. The molecule has 11 rings (SSSR count). The Labute approximate surface area is 348 Å². The molecule has 5 heteroatoms. The van der Waals surface area contributed by atoms with Gasteiger partial charge in [-0.2, -0.15) is 0 Å². The highest BCUT2D eigenvalue weighted by atomic mass is 15.2. The largest absolute Gasteiger partial charge is 0.353 e. The SMILES string of the molecule is C=C/C=C1\C(=C/C)C(C)(C)c2ccccc2N1c1ccc(-n2c3ccccc3c3cc4[nH]c5c(C=N)cccc5c5cc(-c6ccccc6)cc6ccn(c4cc32)c65)cc1. The molecule has 0 spiro atoms. The molecule has 7 aromatic carbocycles. The van der Waals surface area contributed by atoms with Gasteiger partial charge in [-0.15, -0.1) is 0 Å². The van der Waals surface area contributed by atoms with E-state index >= 15 is 0 Å². The van der Waals surface area contributed by atoms with E-state index in [9.17, 15) is 0 Å². The normalized spacial score (nSPS) is 15.2. The summed E-state index contributed by atoms with van der Waals surface area (Å²) >= 11 is 0.